The number of rotatable bonds is 4. The van der Waals surface area contributed by atoms with Gasteiger partial charge in [0.05, 0.1) is 21.4 Å². The van der Waals surface area contributed by atoms with Gasteiger partial charge >= 0.3 is 0 Å². The minimum Gasteiger partial charge on any atom is -0.337 e. The molecule has 0 aliphatic rings. The highest BCUT2D eigenvalue weighted by Gasteiger charge is 2.13. The highest BCUT2D eigenvalue weighted by Crippen LogP contribution is 2.29. The number of amides is 1. The minimum atomic E-state index is -0.589. The average Bonchev–Trinajstić information content (AvgIpc) is 2.83. The van der Waals surface area contributed by atoms with Gasteiger partial charge in [-0.3, -0.25) is 4.79 Å². The molecular weight excluding hydrogens is 355 g/mol. The quantitative estimate of drug-likeness (QED) is 0.615. The maximum absolute atomic E-state index is 12.1. The summed E-state index contributed by atoms with van der Waals surface area (Å²) in [7, 11) is 0. The van der Waals surface area contributed by atoms with Gasteiger partial charge in [-0.1, -0.05) is 29.3 Å². The van der Waals surface area contributed by atoms with Crippen LogP contribution in [-0.4, -0.2) is 10.9 Å². The van der Waals surface area contributed by atoms with Crippen LogP contribution in [0, 0.1) is 25.2 Å². The monoisotopic (exact) mass is 366 g/mol. The SMILES string of the molecule is Cc1nc(N/C=C(/C#N)C(=O)Nc2cccc(Cl)c2Cl)sc1C. The fraction of sp³-hybridized carbons (Fsp3) is 0.133. The van der Waals surface area contributed by atoms with Gasteiger partial charge in [-0.15, -0.1) is 11.3 Å². The molecule has 0 radical (unpaired) electrons. The molecule has 0 unspecified atom stereocenters. The molecule has 2 N–H and O–H groups in total. The number of nitrogens with zero attached hydrogens (tertiary/aromatic N) is 2. The molecule has 8 heteroatoms. The number of aromatic nitrogens is 1. The fourth-order valence-corrected chi connectivity index (χ4v) is 2.74. The third-order valence-electron chi connectivity index (χ3n) is 2.93. The predicted octanol–water partition coefficient (Wildman–Crippen LogP) is 4.52. The van der Waals surface area contributed by atoms with Gasteiger partial charge in [-0.25, -0.2) is 4.98 Å². The van der Waals surface area contributed by atoms with E-state index in [2.05, 4.69) is 15.6 Å². The number of hydrogen-bond donors (Lipinski definition) is 2. The first kappa shape index (κ1) is 17.3. The van der Waals surface area contributed by atoms with Crippen molar-refractivity contribution in [2.75, 3.05) is 10.6 Å². The first-order valence-electron chi connectivity index (χ1n) is 6.48. The third-order valence-corrected chi connectivity index (χ3v) is 4.76. The van der Waals surface area contributed by atoms with E-state index in [1.165, 1.54) is 17.5 Å². The van der Waals surface area contributed by atoms with E-state index in [4.69, 9.17) is 28.5 Å². The Bertz CT molecular complexity index is 804. The second-order valence-electron chi connectivity index (χ2n) is 4.53. The summed E-state index contributed by atoms with van der Waals surface area (Å²) in [5, 5.41) is 15.7. The van der Waals surface area contributed by atoms with Crippen molar-refractivity contribution in [3.63, 3.8) is 0 Å². The van der Waals surface area contributed by atoms with Crippen molar-refractivity contribution in [3.8, 4) is 6.07 Å². The highest BCUT2D eigenvalue weighted by molar-refractivity contribution is 7.15. The summed E-state index contributed by atoms with van der Waals surface area (Å²) in [5.41, 5.74) is 1.14. The van der Waals surface area contributed by atoms with Crippen LogP contribution >= 0.6 is 34.5 Å². The Morgan fingerprint density at radius 1 is 1.39 bits per heavy atom. The summed E-state index contributed by atoms with van der Waals surface area (Å²) in [6.45, 7) is 3.83. The van der Waals surface area contributed by atoms with Crippen molar-refractivity contribution in [3.05, 3.63) is 50.6 Å². The molecular formula is C15H12Cl2N4OS. The minimum absolute atomic E-state index is 0.105. The number of anilines is 2. The maximum Gasteiger partial charge on any atom is 0.267 e. The third kappa shape index (κ3) is 4.23. The van der Waals surface area contributed by atoms with Gasteiger partial charge in [0.1, 0.15) is 11.6 Å². The second-order valence-corrected chi connectivity index (χ2v) is 6.52. The Kier molecular flexibility index (Phi) is 5.61. The molecule has 0 fully saturated rings. The van der Waals surface area contributed by atoms with Crippen molar-refractivity contribution >= 4 is 51.3 Å². The molecule has 0 aliphatic heterocycles. The number of nitriles is 1. The Hall–Kier alpha value is -2.07. The van der Waals surface area contributed by atoms with E-state index >= 15 is 0 Å². The van der Waals surface area contributed by atoms with E-state index in [1.54, 1.807) is 18.2 Å². The van der Waals surface area contributed by atoms with E-state index in [-0.39, 0.29) is 10.6 Å². The lowest BCUT2D eigenvalue weighted by Gasteiger charge is -2.07. The standard InChI is InChI=1S/C15H12Cl2N4OS/c1-8-9(2)23-15(20-8)19-7-10(6-18)14(22)21-12-5-3-4-11(16)13(12)17/h3-5,7H,1-2H3,(H,19,20)(H,21,22)/b10-7-. The smallest absolute Gasteiger partial charge is 0.267 e. The Labute approximate surface area is 147 Å². The number of benzene rings is 1. The van der Waals surface area contributed by atoms with Crippen molar-refractivity contribution in [1.82, 2.24) is 4.98 Å². The maximum atomic E-state index is 12.1. The summed E-state index contributed by atoms with van der Waals surface area (Å²) in [5.74, 6) is -0.589. The van der Waals surface area contributed by atoms with Gasteiger partial charge in [-0.05, 0) is 26.0 Å². The van der Waals surface area contributed by atoms with Gasteiger partial charge in [0, 0.05) is 11.1 Å². The van der Waals surface area contributed by atoms with E-state index in [9.17, 15) is 4.79 Å². The second kappa shape index (κ2) is 7.47. The Morgan fingerprint density at radius 2 is 2.13 bits per heavy atom. The summed E-state index contributed by atoms with van der Waals surface area (Å²) in [4.78, 5) is 17.5. The molecule has 118 valence electrons. The van der Waals surface area contributed by atoms with Crippen LogP contribution in [0.25, 0.3) is 0 Å². The van der Waals surface area contributed by atoms with E-state index in [0.29, 0.717) is 15.8 Å². The molecule has 0 spiro atoms. The van der Waals surface area contributed by atoms with Crippen LogP contribution in [-0.2, 0) is 4.79 Å². The molecule has 0 saturated heterocycles. The summed E-state index contributed by atoms with van der Waals surface area (Å²) in [6.07, 6.45) is 1.31. The topological polar surface area (TPSA) is 77.8 Å². The van der Waals surface area contributed by atoms with Gasteiger partial charge in [0.15, 0.2) is 5.13 Å². The van der Waals surface area contributed by atoms with Crippen LogP contribution in [0.3, 0.4) is 0 Å². The molecule has 1 heterocycles. The summed E-state index contributed by atoms with van der Waals surface area (Å²) in [6, 6.07) is 6.69. The van der Waals surface area contributed by atoms with E-state index in [1.807, 2.05) is 19.9 Å². The van der Waals surface area contributed by atoms with Crippen LogP contribution < -0.4 is 10.6 Å². The zero-order valence-electron chi connectivity index (χ0n) is 12.3. The summed E-state index contributed by atoms with van der Waals surface area (Å²) < 4.78 is 0. The number of carbonyl (C=O) groups is 1. The van der Waals surface area contributed by atoms with Crippen LogP contribution in [0.5, 0.6) is 0 Å². The molecule has 1 amide bonds. The van der Waals surface area contributed by atoms with Crippen molar-refractivity contribution in [1.29, 1.82) is 5.26 Å². The molecule has 1 aromatic carbocycles. The lowest BCUT2D eigenvalue weighted by Crippen LogP contribution is -2.14. The average molecular weight is 367 g/mol. The van der Waals surface area contributed by atoms with Crippen molar-refractivity contribution < 1.29 is 4.79 Å². The number of hydrogen-bond acceptors (Lipinski definition) is 5. The molecule has 2 rings (SSSR count). The van der Waals surface area contributed by atoms with Gasteiger partial charge in [0.25, 0.3) is 5.91 Å². The number of aryl methyl sites for hydroxylation is 2. The molecule has 1 aromatic heterocycles. The molecule has 0 aliphatic carbocycles. The van der Waals surface area contributed by atoms with Gasteiger partial charge in [-0.2, -0.15) is 5.26 Å². The number of halogens is 2. The first-order chi connectivity index (χ1) is 10.9. The number of thiazole rings is 1. The fourth-order valence-electron chi connectivity index (χ4n) is 1.61. The van der Waals surface area contributed by atoms with Crippen LogP contribution in [0.1, 0.15) is 10.6 Å². The van der Waals surface area contributed by atoms with Crippen molar-refractivity contribution in [2.24, 2.45) is 0 Å². The normalized spacial score (nSPS) is 11.0. The molecule has 23 heavy (non-hydrogen) atoms. The largest absolute Gasteiger partial charge is 0.337 e. The van der Waals surface area contributed by atoms with Crippen LogP contribution in [0.4, 0.5) is 10.8 Å². The van der Waals surface area contributed by atoms with E-state index < -0.39 is 5.91 Å². The van der Waals surface area contributed by atoms with E-state index in [0.717, 1.165) is 10.6 Å². The van der Waals surface area contributed by atoms with Crippen LogP contribution in [0.15, 0.2) is 30.0 Å². The zero-order valence-corrected chi connectivity index (χ0v) is 14.6. The lowest BCUT2D eigenvalue weighted by atomic mass is 10.2. The van der Waals surface area contributed by atoms with Crippen molar-refractivity contribution in [2.45, 2.75) is 13.8 Å². The van der Waals surface area contributed by atoms with Gasteiger partial charge in [0.2, 0.25) is 0 Å². The molecule has 2 aromatic rings. The lowest BCUT2D eigenvalue weighted by molar-refractivity contribution is -0.112. The zero-order chi connectivity index (χ0) is 17.0. The Balaban J connectivity index is 2.13. The molecule has 0 saturated carbocycles. The van der Waals surface area contributed by atoms with Crippen LogP contribution in [0.2, 0.25) is 10.0 Å². The predicted molar refractivity (Wildman–Crippen MR) is 94.0 cm³/mol. The number of nitrogens with one attached hydrogen (secondary N) is 2. The molecule has 0 bridgehead atoms. The summed E-state index contributed by atoms with van der Waals surface area (Å²) >= 11 is 13.3. The van der Waals surface area contributed by atoms with Gasteiger partial charge < -0.3 is 10.6 Å². The first-order valence-corrected chi connectivity index (χ1v) is 8.05. The Morgan fingerprint density at radius 3 is 2.74 bits per heavy atom. The number of carbonyl (C=O) groups excluding carboxylic acids is 1. The molecule has 0 atom stereocenters. The highest BCUT2D eigenvalue weighted by atomic mass is 35.5. The molecule has 5 nitrogen and oxygen atoms in total.